The summed E-state index contributed by atoms with van der Waals surface area (Å²) in [7, 11) is 0. The molecule has 0 amide bonds. The van der Waals surface area contributed by atoms with Crippen LogP contribution in [0.1, 0.15) is 0 Å². The molecule has 0 bridgehead atoms. The van der Waals surface area contributed by atoms with Crippen LogP contribution in [-0.4, -0.2) is 4.98 Å². The molecule has 0 radical (unpaired) electrons. The van der Waals surface area contributed by atoms with E-state index in [1.165, 1.54) is 10.3 Å². The zero-order valence-electron chi connectivity index (χ0n) is 9.28. The first-order valence-corrected chi connectivity index (χ1v) is 7.00. The van der Waals surface area contributed by atoms with Gasteiger partial charge in [-0.1, -0.05) is 41.0 Å². The number of rotatable bonds is 2. The highest BCUT2D eigenvalue weighted by Crippen LogP contribution is 2.37. The molecule has 0 unspecified atom stereocenters. The molecule has 1 aromatic heterocycles. The van der Waals surface area contributed by atoms with Gasteiger partial charge in [-0.15, -0.1) is 0 Å². The number of nitrogens with one attached hydrogen (secondary N) is 1. The van der Waals surface area contributed by atoms with E-state index < -0.39 is 0 Å². The van der Waals surface area contributed by atoms with E-state index in [1.807, 2.05) is 24.4 Å². The van der Waals surface area contributed by atoms with Crippen LogP contribution in [0.15, 0.2) is 58.5 Å². The molecule has 18 heavy (non-hydrogen) atoms. The third-order valence-corrected chi connectivity index (χ3v) is 4.48. The molecule has 1 nitrogen and oxygen atoms in total. The van der Waals surface area contributed by atoms with Crippen molar-refractivity contribution in [3.63, 3.8) is 0 Å². The molecule has 90 valence electrons. The molecule has 0 aliphatic heterocycles. The summed E-state index contributed by atoms with van der Waals surface area (Å²) in [6.45, 7) is 0. The van der Waals surface area contributed by atoms with Crippen molar-refractivity contribution in [2.75, 3.05) is 0 Å². The molecule has 3 rings (SSSR count). The van der Waals surface area contributed by atoms with E-state index >= 15 is 0 Å². The summed E-state index contributed by atoms with van der Waals surface area (Å²) in [6, 6.07) is 13.8. The number of aromatic nitrogens is 1. The van der Waals surface area contributed by atoms with Gasteiger partial charge in [-0.3, -0.25) is 0 Å². The fourth-order valence-corrected chi connectivity index (χ4v) is 3.31. The van der Waals surface area contributed by atoms with Crippen molar-refractivity contribution in [1.82, 2.24) is 4.98 Å². The number of hydrogen-bond acceptors (Lipinski definition) is 1. The lowest BCUT2D eigenvalue weighted by Crippen LogP contribution is -1.77. The first kappa shape index (κ1) is 12.0. The van der Waals surface area contributed by atoms with Crippen LogP contribution >= 0.6 is 35.0 Å². The Labute approximate surface area is 119 Å². The summed E-state index contributed by atoms with van der Waals surface area (Å²) in [5.74, 6) is 0. The zero-order valence-corrected chi connectivity index (χ0v) is 11.6. The van der Waals surface area contributed by atoms with Gasteiger partial charge in [0, 0.05) is 31.9 Å². The predicted octanol–water partition coefficient (Wildman–Crippen LogP) is 5.63. The average molecular weight is 294 g/mol. The van der Waals surface area contributed by atoms with Crippen LogP contribution in [0, 0.1) is 0 Å². The summed E-state index contributed by atoms with van der Waals surface area (Å²) in [6.07, 6.45) is 1.94. The Morgan fingerprint density at radius 2 is 1.83 bits per heavy atom. The fraction of sp³-hybridized carbons (Fsp3) is 0. The van der Waals surface area contributed by atoms with Gasteiger partial charge in [-0.25, -0.2) is 0 Å². The molecule has 4 heteroatoms. The molecule has 2 aromatic carbocycles. The van der Waals surface area contributed by atoms with Gasteiger partial charge in [0.25, 0.3) is 0 Å². The second kappa shape index (κ2) is 4.88. The van der Waals surface area contributed by atoms with Gasteiger partial charge in [-0.2, -0.15) is 0 Å². The molecule has 0 aliphatic carbocycles. The van der Waals surface area contributed by atoms with Crippen molar-refractivity contribution < 1.29 is 0 Å². The number of fused-ring (bicyclic) bond motifs is 1. The van der Waals surface area contributed by atoms with Crippen LogP contribution in [0.4, 0.5) is 0 Å². The topological polar surface area (TPSA) is 15.8 Å². The lowest BCUT2D eigenvalue weighted by molar-refractivity contribution is 1.43. The number of halogens is 2. The second-order valence-corrected chi connectivity index (χ2v) is 5.80. The maximum Gasteiger partial charge on any atom is 0.0560 e. The highest BCUT2D eigenvalue weighted by molar-refractivity contribution is 7.99. The minimum atomic E-state index is 0.657. The number of aromatic amines is 1. The monoisotopic (exact) mass is 293 g/mol. The first-order chi connectivity index (χ1) is 8.74. The Bertz CT molecular complexity index is 706. The second-order valence-electron chi connectivity index (χ2n) is 3.87. The Kier molecular flexibility index (Phi) is 3.25. The van der Waals surface area contributed by atoms with E-state index in [9.17, 15) is 0 Å². The van der Waals surface area contributed by atoms with Crippen molar-refractivity contribution in [3.8, 4) is 0 Å². The Balaban J connectivity index is 2.03. The molecule has 0 spiro atoms. The van der Waals surface area contributed by atoms with Gasteiger partial charge in [0.15, 0.2) is 0 Å². The lowest BCUT2D eigenvalue weighted by Gasteiger charge is -2.05. The van der Waals surface area contributed by atoms with E-state index in [0.29, 0.717) is 10.0 Å². The third-order valence-electron chi connectivity index (χ3n) is 2.67. The highest BCUT2D eigenvalue weighted by Gasteiger charge is 2.07. The van der Waals surface area contributed by atoms with Crippen LogP contribution in [0.25, 0.3) is 10.9 Å². The summed E-state index contributed by atoms with van der Waals surface area (Å²) in [5.41, 5.74) is 1.13. The largest absolute Gasteiger partial charge is 0.361 e. The summed E-state index contributed by atoms with van der Waals surface area (Å²) >= 11 is 13.7. The minimum Gasteiger partial charge on any atom is -0.361 e. The number of H-pyrrole nitrogens is 1. The fourth-order valence-electron chi connectivity index (χ4n) is 1.82. The van der Waals surface area contributed by atoms with E-state index in [2.05, 4.69) is 23.2 Å². The van der Waals surface area contributed by atoms with E-state index in [1.54, 1.807) is 17.8 Å². The smallest absolute Gasteiger partial charge is 0.0560 e. The van der Waals surface area contributed by atoms with Gasteiger partial charge in [0.05, 0.1) is 5.02 Å². The average Bonchev–Trinajstić information content (AvgIpc) is 2.82. The van der Waals surface area contributed by atoms with Gasteiger partial charge >= 0.3 is 0 Å². The van der Waals surface area contributed by atoms with Crippen LogP contribution in [-0.2, 0) is 0 Å². The summed E-state index contributed by atoms with van der Waals surface area (Å²) in [5, 5.41) is 2.54. The molecule has 3 aromatic rings. The van der Waals surface area contributed by atoms with E-state index in [-0.39, 0.29) is 0 Å². The quantitative estimate of drug-likeness (QED) is 0.648. The van der Waals surface area contributed by atoms with Gasteiger partial charge in [0.1, 0.15) is 0 Å². The zero-order chi connectivity index (χ0) is 12.5. The SMILES string of the molecule is Clc1ccc(Sc2cccc3[nH]ccc23)c(Cl)c1. The van der Waals surface area contributed by atoms with E-state index in [4.69, 9.17) is 23.2 Å². The Morgan fingerprint density at radius 1 is 0.944 bits per heavy atom. The molecular formula is C14H9Cl2NS. The molecule has 0 saturated heterocycles. The van der Waals surface area contributed by atoms with Crippen molar-refractivity contribution >= 4 is 45.9 Å². The van der Waals surface area contributed by atoms with Crippen LogP contribution in [0.2, 0.25) is 10.0 Å². The van der Waals surface area contributed by atoms with Crippen LogP contribution < -0.4 is 0 Å². The van der Waals surface area contributed by atoms with Gasteiger partial charge in [-0.05, 0) is 36.4 Å². The normalized spacial score (nSPS) is 11.0. The Morgan fingerprint density at radius 3 is 2.67 bits per heavy atom. The van der Waals surface area contributed by atoms with E-state index in [0.717, 1.165) is 10.4 Å². The lowest BCUT2D eigenvalue weighted by atomic mass is 10.2. The molecule has 0 atom stereocenters. The minimum absolute atomic E-state index is 0.657. The molecule has 1 heterocycles. The van der Waals surface area contributed by atoms with Gasteiger partial charge in [0.2, 0.25) is 0 Å². The first-order valence-electron chi connectivity index (χ1n) is 5.43. The molecule has 0 saturated carbocycles. The summed E-state index contributed by atoms with van der Waals surface area (Å²) < 4.78 is 0. The van der Waals surface area contributed by atoms with Crippen molar-refractivity contribution in [2.45, 2.75) is 9.79 Å². The van der Waals surface area contributed by atoms with Crippen molar-refractivity contribution in [2.24, 2.45) is 0 Å². The van der Waals surface area contributed by atoms with Crippen LogP contribution in [0.3, 0.4) is 0 Å². The third kappa shape index (κ3) is 2.24. The standard InChI is InChI=1S/C14H9Cl2NS/c15-9-4-5-14(11(16)8-9)18-13-3-1-2-12-10(13)6-7-17-12/h1-8,17H. The van der Waals surface area contributed by atoms with Crippen molar-refractivity contribution in [3.05, 3.63) is 58.7 Å². The van der Waals surface area contributed by atoms with Crippen LogP contribution in [0.5, 0.6) is 0 Å². The molecular weight excluding hydrogens is 285 g/mol. The number of benzene rings is 2. The highest BCUT2D eigenvalue weighted by atomic mass is 35.5. The molecule has 0 fully saturated rings. The molecule has 0 aliphatic rings. The van der Waals surface area contributed by atoms with Crippen molar-refractivity contribution in [1.29, 1.82) is 0 Å². The maximum atomic E-state index is 6.19. The molecule has 1 N–H and O–H groups in total. The number of hydrogen-bond donors (Lipinski definition) is 1. The predicted molar refractivity (Wildman–Crippen MR) is 78.9 cm³/mol. The summed E-state index contributed by atoms with van der Waals surface area (Å²) in [4.78, 5) is 5.39. The maximum absolute atomic E-state index is 6.19. The Hall–Kier alpha value is -1.09. The van der Waals surface area contributed by atoms with Gasteiger partial charge < -0.3 is 4.98 Å².